The second-order valence-corrected chi connectivity index (χ2v) is 9.35. The molecule has 0 saturated carbocycles. The second kappa shape index (κ2) is 10.5. The summed E-state index contributed by atoms with van der Waals surface area (Å²) < 4.78 is 17.7. The zero-order valence-electron chi connectivity index (χ0n) is 21.4. The Bertz CT molecular complexity index is 1290. The number of ether oxygens (including phenoxy) is 2. The van der Waals surface area contributed by atoms with Gasteiger partial charge in [0.1, 0.15) is 5.58 Å². The zero-order valence-corrected chi connectivity index (χ0v) is 21.4. The van der Waals surface area contributed by atoms with Crippen molar-refractivity contribution in [1.29, 1.82) is 0 Å². The molecule has 0 bridgehead atoms. The van der Waals surface area contributed by atoms with Crippen molar-refractivity contribution in [3.05, 3.63) is 68.6 Å². The molecule has 2 aromatic carbocycles. The highest BCUT2D eigenvalue weighted by atomic mass is 16.5. The SMILES string of the molecule is CCCCCOc1ccc(C2c3c(oc4c(C)cc(C)cc4c3=O)C(=O)N2CCCC)cc1OC. The molecule has 0 saturated heterocycles. The van der Waals surface area contributed by atoms with Gasteiger partial charge in [-0.2, -0.15) is 0 Å². The molecular formula is C29H35NO5. The van der Waals surface area contributed by atoms with E-state index in [0.29, 0.717) is 41.2 Å². The van der Waals surface area contributed by atoms with Crippen LogP contribution in [0.5, 0.6) is 11.5 Å². The number of methoxy groups -OCH3 is 1. The minimum Gasteiger partial charge on any atom is -0.493 e. The fourth-order valence-corrected chi connectivity index (χ4v) is 4.89. The lowest BCUT2D eigenvalue weighted by atomic mass is 9.97. The van der Waals surface area contributed by atoms with E-state index in [1.165, 1.54) is 0 Å². The van der Waals surface area contributed by atoms with Gasteiger partial charge in [-0.25, -0.2) is 0 Å². The van der Waals surface area contributed by atoms with E-state index in [4.69, 9.17) is 13.9 Å². The van der Waals surface area contributed by atoms with Crippen LogP contribution in [-0.2, 0) is 0 Å². The number of benzene rings is 2. The molecule has 35 heavy (non-hydrogen) atoms. The van der Waals surface area contributed by atoms with Gasteiger partial charge < -0.3 is 18.8 Å². The van der Waals surface area contributed by atoms with Gasteiger partial charge in [0.15, 0.2) is 16.9 Å². The Morgan fingerprint density at radius 2 is 1.74 bits per heavy atom. The summed E-state index contributed by atoms with van der Waals surface area (Å²) in [4.78, 5) is 29.1. The van der Waals surface area contributed by atoms with Crippen molar-refractivity contribution in [1.82, 2.24) is 4.90 Å². The van der Waals surface area contributed by atoms with E-state index in [0.717, 1.165) is 48.8 Å². The van der Waals surface area contributed by atoms with Crippen molar-refractivity contribution >= 4 is 16.9 Å². The topological polar surface area (TPSA) is 69.0 Å². The number of hydrogen-bond donors (Lipinski definition) is 0. The third kappa shape index (κ3) is 4.66. The molecule has 1 atom stereocenters. The quantitative estimate of drug-likeness (QED) is 0.319. The first-order valence-corrected chi connectivity index (χ1v) is 12.6. The van der Waals surface area contributed by atoms with E-state index in [-0.39, 0.29) is 17.1 Å². The van der Waals surface area contributed by atoms with Crippen LogP contribution >= 0.6 is 0 Å². The molecule has 1 amide bonds. The molecule has 0 fully saturated rings. The van der Waals surface area contributed by atoms with E-state index in [1.807, 2.05) is 44.2 Å². The number of rotatable bonds is 10. The van der Waals surface area contributed by atoms with Crippen LogP contribution in [0.4, 0.5) is 0 Å². The summed E-state index contributed by atoms with van der Waals surface area (Å²) in [6.07, 6.45) is 4.97. The standard InChI is InChI=1S/C29H35NO5/c1-6-8-10-14-34-22-12-11-20(17-23(22)33-5)25-24-26(31)21-16-18(3)15-19(4)27(21)35-28(24)29(32)30(25)13-9-7-2/h11-12,15-17,25H,6-10,13-14H2,1-5H3. The molecule has 6 heteroatoms. The maximum Gasteiger partial charge on any atom is 0.290 e. The van der Waals surface area contributed by atoms with Crippen molar-refractivity contribution in [3.8, 4) is 11.5 Å². The van der Waals surface area contributed by atoms with Crippen LogP contribution in [0.15, 0.2) is 39.5 Å². The first kappa shape index (κ1) is 24.8. The minimum atomic E-state index is -0.534. The monoisotopic (exact) mass is 477 g/mol. The van der Waals surface area contributed by atoms with Gasteiger partial charge in [-0.05, 0) is 61.6 Å². The van der Waals surface area contributed by atoms with Crippen LogP contribution in [0.1, 0.15) is 84.8 Å². The number of hydrogen-bond acceptors (Lipinski definition) is 5. The number of carbonyl (C=O) groups excluding carboxylic acids is 1. The third-order valence-corrected chi connectivity index (χ3v) is 6.66. The van der Waals surface area contributed by atoms with Crippen molar-refractivity contribution < 1.29 is 18.7 Å². The number of unbranched alkanes of at least 4 members (excludes halogenated alkanes) is 3. The molecule has 1 unspecified atom stereocenters. The zero-order chi connectivity index (χ0) is 25.1. The normalized spacial score (nSPS) is 15.1. The van der Waals surface area contributed by atoms with Gasteiger partial charge in [-0.1, -0.05) is 45.2 Å². The van der Waals surface area contributed by atoms with Crippen molar-refractivity contribution in [2.24, 2.45) is 0 Å². The molecule has 0 N–H and O–H groups in total. The maximum atomic E-state index is 13.8. The average molecular weight is 478 g/mol. The molecular weight excluding hydrogens is 442 g/mol. The van der Waals surface area contributed by atoms with Crippen molar-refractivity contribution in [2.45, 2.75) is 65.8 Å². The summed E-state index contributed by atoms with van der Waals surface area (Å²) >= 11 is 0. The molecule has 1 aliphatic heterocycles. The Balaban J connectivity index is 1.83. The van der Waals surface area contributed by atoms with E-state index in [1.54, 1.807) is 12.0 Å². The Hall–Kier alpha value is -3.28. The lowest BCUT2D eigenvalue weighted by Gasteiger charge is -2.25. The van der Waals surface area contributed by atoms with Crippen LogP contribution in [0.25, 0.3) is 11.0 Å². The Morgan fingerprint density at radius 3 is 2.46 bits per heavy atom. The summed E-state index contributed by atoms with van der Waals surface area (Å²) in [5.74, 6) is 1.16. The molecule has 0 spiro atoms. The summed E-state index contributed by atoms with van der Waals surface area (Å²) in [6, 6.07) is 8.96. The molecule has 1 aromatic heterocycles. The first-order valence-electron chi connectivity index (χ1n) is 12.6. The number of nitrogens with zero attached hydrogens (tertiary/aromatic N) is 1. The van der Waals surface area contributed by atoms with E-state index >= 15 is 0 Å². The highest BCUT2D eigenvalue weighted by molar-refractivity contribution is 5.99. The number of carbonyl (C=O) groups is 1. The van der Waals surface area contributed by atoms with Gasteiger partial charge >= 0.3 is 0 Å². The van der Waals surface area contributed by atoms with Gasteiger partial charge in [-0.3, -0.25) is 9.59 Å². The Morgan fingerprint density at radius 1 is 0.971 bits per heavy atom. The molecule has 186 valence electrons. The fraction of sp³-hybridized carbons (Fsp3) is 0.448. The Kier molecular flexibility index (Phi) is 7.48. The van der Waals surface area contributed by atoms with Crippen LogP contribution in [-0.4, -0.2) is 31.1 Å². The van der Waals surface area contributed by atoms with Crippen LogP contribution < -0.4 is 14.9 Å². The number of amides is 1. The van der Waals surface area contributed by atoms with Crippen LogP contribution in [0.2, 0.25) is 0 Å². The van der Waals surface area contributed by atoms with Gasteiger partial charge in [0.05, 0.1) is 30.7 Å². The second-order valence-electron chi connectivity index (χ2n) is 9.35. The highest BCUT2D eigenvalue weighted by Gasteiger charge is 2.42. The predicted octanol–water partition coefficient (Wildman–Crippen LogP) is 6.33. The molecule has 3 aromatic rings. The molecule has 1 aliphatic rings. The first-order chi connectivity index (χ1) is 16.9. The van der Waals surface area contributed by atoms with Gasteiger partial charge in [0.25, 0.3) is 5.91 Å². The third-order valence-electron chi connectivity index (χ3n) is 6.66. The van der Waals surface area contributed by atoms with Gasteiger partial charge in [0, 0.05) is 6.54 Å². The minimum absolute atomic E-state index is 0.148. The Labute approximate surface area is 206 Å². The predicted molar refractivity (Wildman–Crippen MR) is 138 cm³/mol. The highest BCUT2D eigenvalue weighted by Crippen LogP contribution is 2.41. The van der Waals surface area contributed by atoms with Crippen LogP contribution in [0.3, 0.4) is 0 Å². The molecule has 0 aliphatic carbocycles. The smallest absolute Gasteiger partial charge is 0.290 e. The summed E-state index contributed by atoms with van der Waals surface area (Å²) in [7, 11) is 1.61. The van der Waals surface area contributed by atoms with Crippen LogP contribution in [0, 0.1) is 13.8 Å². The summed E-state index contributed by atoms with van der Waals surface area (Å²) in [5.41, 5.74) is 3.38. The lowest BCUT2D eigenvalue weighted by Crippen LogP contribution is -2.30. The molecule has 2 heterocycles. The van der Waals surface area contributed by atoms with Crippen molar-refractivity contribution in [3.63, 3.8) is 0 Å². The van der Waals surface area contributed by atoms with E-state index in [9.17, 15) is 9.59 Å². The van der Waals surface area contributed by atoms with Gasteiger partial charge in [-0.15, -0.1) is 0 Å². The number of fused-ring (bicyclic) bond motifs is 2. The molecule has 4 rings (SSSR count). The maximum absolute atomic E-state index is 13.8. The van der Waals surface area contributed by atoms with E-state index < -0.39 is 6.04 Å². The van der Waals surface area contributed by atoms with E-state index in [2.05, 4.69) is 13.8 Å². The lowest BCUT2D eigenvalue weighted by molar-refractivity contribution is 0.0725. The molecule has 6 nitrogen and oxygen atoms in total. The fourth-order valence-electron chi connectivity index (χ4n) is 4.89. The summed E-state index contributed by atoms with van der Waals surface area (Å²) in [5, 5.41) is 0.513. The van der Waals surface area contributed by atoms with Crippen molar-refractivity contribution in [2.75, 3.05) is 20.3 Å². The molecule has 0 radical (unpaired) electrons. The van der Waals surface area contributed by atoms with Gasteiger partial charge in [0.2, 0.25) is 5.76 Å². The number of aryl methyl sites for hydroxylation is 2. The average Bonchev–Trinajstić information content (AvgIpc) is 3.13. The summed E-state index contributed by atoms with van der Waals surface area (Å²) in [6.45, 7) is 9.25. The largest absolute Gasteiger partial charge is 0.493 e.